The Labute approximate surface area is 175 Å². The zero-order chi connectivity index (χ0) is 21.3. The van der Waals surface area contributed by atoms with Gasteiger partial charge < -0.3 is 21.5 Å². The normalized spacial score (nSPS) is 14.6. The second-order valence-corrected chi connectivity index (χ2v) is 7.00. The first-order chi connectivity index (χ1) is 14.5. The molecular weight excluding hydrogens is 382 g/mol. The van der Waals surface area contributed by atoms with E-state index >= 15 is 0 Å². The van der Waals surface area contributed by atoms with Gasteiger partial charge in [0, 0.05) is 0 Å². The Balaban J connectivity index is 1.67. The van der Waals surface area contributed by atoms with E-state index in [4.69, 9.17) is 16.2 Å². The number of amides is 1. The maximum absolute atomic E-state index is 11.4. The minimum atomic E-state index is -0.355. The molecule has 0 saturated carbocycles. The zero-order valence-electron chi connectivity index (χ0n) is 16.9. The van der Waals surface area contributed by atoms with Crippen LogP contribution in [0.2, 0.25) is 0 Å². The van der Waals surface area contributed by atoms with Crippen molar-refractivity contribution in [2.45, 2.75) is 19.3 Å². The summed E-state index contributed by atoms with van der Waals surface area (Å²) in [5.74, 6) is 1.33. The van der Waals surface area contributed by atoms with Crippen molar-refractivity contribution in [2.24, 2.45) is 16.0 Å². The van der Waals surface area contributed by atoms with Crippen LogP contribution in [0.25, 0.3) is 0 Å². The van der Waals surface area contributed by atoms with E-state index in [1.165, 1.54) is 19.3 Å². The summed E-state index contributed by atoms with van der Waals surface area (Å²) in [7, 11) is 0. The summed E-state index contributed by atoms with van der Waals surface area (Å²) in [5.41, 5.74) is 12.1. The molecule has 2 aromatic rings. The molecule has 0 aliphatic carbocycles. The van der Waals surface area contributed by atoms with Gasteiger partial charge in [0.05, 0.1) is 13.1 Å². The minimum Gasteiger partial charge on any atom is -0.459 e. The number of benzene rings is 1. The molecule has 0 spiro atoms. The Morgan fingerprint density at radius 3 is 2.60 bits per heavy atom. The Hall–Kier alpha value is -3.30. The van der Waals surface area contributed by atoms with Crippen molar-refractivity contribution in [3.05, 3.63) is 48.7 Å². The second-order valence-electron chi connectivity index (χ2n) is 7.00. The molecule has 30 heavy (non-hydrogen) atoms. The van der Waals surface area contributed by atoms with Crippen LogP contribution in [0.15, 0.2) is 59.0 Å². The predicted octanol–water partition coefficient (Wildman–Crippen LogP) is 3.35. The van der Waals surface area contributed by atoms with Crippen molar-refractivity contribution in [1.82, 2.24) is 9.88 Å². The number of nitrogens with two attached hydrogens (primary N) is 2. The van der Waals surface area contributed by atoms with E-state index < -0.39 is 0 Å². The first-order valence-corrected chi connectivity index (χ1v) is 9.90. The summed E-state index contributed by atoms with van der Waals surface area (Å²) >= 11 is 0. The molecule has 5 N–H and O–H groups in total. The van der Waals surface area contributed by atoms with Crippen LogP contribution in [0.1, 0.15) is 19.3 Å². The number of hydrogen-bond acceptors (Lipinski definition) is 8. The van der Waals surface area contributed by atoms with E-state index in [1.54, 1.807) is 18.2 Å². The van der Waals surface area contributed by atoms with Gasteiger partial charge in [-0.3, -0.25) is 9.69 Å². The Morgan fingerprint density at radius 1 is 1.13 bits per heavy atom. The lowest BCUT2D eigenvalue weighted by Gasteiger charge is -2.26. The van der Waals surface area contributed by atoms with Gasteiger partial charge in [-0.1, -0.05) is 25.1 Å². The third-order valence-corrected chi connectivity index (χ3v) is 4.59. The number of nitrogens with one attached hydrogen (secondary N) is 1. The molecule has 0 atom stereocenters. The highest BCUT2D eigenvalue weighted by molar-refractivity contribution is 5.91. The molecule has 1 fully saturated rings. The third kappa shape index (κ3) is 6.10. The molecule has 158 valence electrons. The van der Waals surface area contributed by atoms with Gasteiger partial charge in [0.25, 0.3) is 0 Å². The number of rotatable bonds is 8. The molecule has 1 aromatic carbocycles. The van der Waals surface area contributed by atoms with Gasteiger partial charge in [0.15, 0.2) is 11.6 Å². The Kier molecular flexibility index (Phi) is 7.47. The molecule has 0 radical (unpaired) electrons. The number of para-hydroxylation sites is 1. The average molecular weight is 409 g/mol. The molecule has 1 aromatic heterocycles. The van der Waals surface area contributed by atoms with Gasteiger partial charge in [0.1, 0.15) is 23.0 Å². The molecule has 3 rings (SSSR count). The van der Waals surface area contributed by atoms with Crippen molar-refractivity contribution >= 4 is 28.9 Å². The topological polar surface area (TPSA) is 131 Å². The van der Waals surface area contributed by atoms with Gasteiger partial charge >= 0.3 is 0 Å². The van der Waals surface area contributed by atoms with Gasteiger partial charge in [-0.05, 0) is 50.2 Å². The Bertz CT molecular complexity index is 923. The number of ether oxygens (including phenoxy) is 1. The fraction of sp³-hybridized carbons (Fsp3) is 0.333. The predicted molar refractivity (Wildman–Crippen MR) is 117 cm³/mol. The molecule has 1 aliphatic heterocycles. The third-order valence-electron chi connectivity index (χ3n) is 4.59. The van der Waals surface area contributed by atoms with Crippen LogP contribution < -0.4 is 21.5 Å². The summed E-state index contributed by atoms with van der Waals surface area (Å²) in [6.07, 6.45) is 3.70. The summed E-state index contributed by atoms with van der Waals surface area (Å²) < 4.78 is 5.95. The molecule has 0 bridgehead atoms. The van der Waals surface area contributed by atoms with Gasteiger partial charge in [-0.25, -0.2) is 4.98 Å². The molecule has 1 amide bonds. The molecule has 9 nitrogen and oxygen atoms in total. The standard InChI is InChI=1S/C21H27N7O2/c1-15(14-28-11-5-2-6-12-28)30-18-8-4-3-7-16(18)26-27-17-9-10-19(25-21(17)23)24-20(29)13-22/h3-4,7-10H,1-2,5-6,11-14,22H2,(H3,23,24,25,29). The maximum atomic E-state index is 11.4. The highest BCUT2D eigenvalue weighted by Crippen LogP contribution is 2.31. The van der Waals surface area contributed by atoms with Crippen LogP contribution in [0.4, 0.5) is 23.0 Å². The van der Waals surface area contributed by atoms with Crippen molar-refractivity contribution in [2.75, 3.05) is 37.2 Å². The van der Waals surface area contributed by atoms with E-state index in [9.17, 15) is 4.79 Å². The highest BCUT2D eigenvalue weighted by Gasteiger charge is 2.13. The van der Waals surface area contributed by atoms with Crippen LogP contribution in [-0.4, -0.2) is 42.0 Å². The first-order valence-electron chi connectivity index (χ1n) is 9.90. The van der Waals surface area contributed by atoms with E-state index in [-0.39, 0.29) is 18.3 Å². The molecule has 2 heterocycles. The van der Waals surface area contributed by atoms with Crippen LogP contribution in [-0.2, 0) is 4.79 Å². The summed E-state index contributed by atoms with van der Waals surface area (Å²) in [6.45, 7) is 6.74. The summed E-state index contributed by atoms with van der Waals surface area (Å²) in [5, 5.41) is 11.0. The number of pyridine rings is 1. The average Bonchev–Trinajstić information content (AvgIpc) is 2.74. The quantitative estimate of drug-likeness (QED) is 0.452. The molecular formula is C21H27N7O2. The number of azo groups is 1. The number of nitrogen functional groups attached to an aromatic ring is 1. The smallest absolute Gasteiger partial charge is 0.239 e. The SMILES string of the molecule is C=C(CN1CCCCC1)Oc1ccccc1N=Nc1ccc(NC(=O)CN)nc1N. The van der Waals surface area contributed by atoms with Crippen molar-refractivity contribution < 1.29 is 9.53 Å². The molecule has 1 saturated heterocycles. The second kappa shape index (κ2) is 10.5. The van der Waals surface area contributed by atoms with Gasteiger partial charge in [0.2, 0.25) is 5.91 Å². The highest BCUT2D eigenvalue weighted by atomic mass is 16.5. The molecule has 9 heteroatoms. The van der Waals surface area contributed by atoms with Crippen molar-refractivity contribution in [3.8, 4) is 5.75 Å². The van der Waals surface area contributed by atoms with E-state index in [1.807, 2.05) is 18.2 Å². The lowest BCUT2D eigenvalue weighted by Crippen LogP contribution is -2.32. The van der Waals surface area contributed by atoms with Crippen LogP contribution in [0.3, 0.4) is 0 Å². The van der Waals surface area contributed by atoms with Gasteiger partial charge in [-0.2, -0.15) is 0 Å². The van der Waals surface area contributed by atoms with Crippen molar-refractivity contribution in [3.63, 3.8) is 0 Å². The largest absolute Gasteiger partial charge is 0.459 e. The fourth-order valence-corrected chi connectivity index (χ4v) is 3.10. The molecule has 1 aliphatic rings. The van der Waals surface area contributed by atoms with E-state index in [0.717, 1.165) is 13.1 Å². The maximum Gasteiger partial charge on any atom is 0.239 e. The number of anilines is 2. The van der Waals surface area contributed by atoms with Crippen molar-refractivity contribution in [1.29, 1.82) is 0 Å². The lowest BCUT2D eigenvalue weighted by atomic mass is 10.1. The number of hydrogen-bond donors (Lipinski definition) is 3. The lowest BCUT2D eigenvalue weighted by molar-refractivity contribution is -0.114. The monoisotopic (exact) mass is 409 g/mol. The van der Waals surface area contributed by atoms with Crippen LogP contribution in [0, 0.1) is 0 Å². The number of piperidine rings is 1. The van der Waals surface area contributed by atoms with Crippen LogP contribution >= 0.6 is 0 Å². The number of carbonyl (C=O) groups excluding carboxylic acids is 1. The first kappa shape index (κ1) is 21.4. The van der Waals surface area contributed by atoms with Gasteiger partial charge in [-0.15, -0.1) is 10.2 Å². The zero-order valence-corrected chi connectivity index (χ0v) is 16.9. The summed E-state index contributed by atoms with van der Waals surface area (Å²) in [6, 6.07) is 10.5. The minimum absolute atomic E-state index is 0.136. The molecule has 0 unspecified atom stereocenters. The van der Waals surface area contributed by atoms with E-state index in [0.29, 0.717) is 35.2 Å². The van der Waals surface area contributed by atoms with E-state index in [2.05, 4.69) is 32.0 Å². The fourth-order valence-electron chi connectivity index (χ4n) is 3.10. The number of likely N-dealkylation sites (tertiary alicyclic amines) is 1. The Morgan fingerprint density at radius 2 is 1.87 bits per heavy atom. The summed E-state index contributed by atoms with van der Waals surface area (Å²) in [4.78, 5) is 17.8. The number of nitrogens with zero attached hydrogens (tertiary/aromatic N) is 4. The number of carbonyl (C=O) groups is 1. The van der Waals surface area contributed by atoms with Crippen LogP contribution in [0.5, 0.6) is 5.75 Å². The number of aromatic nitrogens is 1.